The molecule has 0 atom stereocenters. The van der Waals surface area contributed by atoms with Crippen LogP contribution in [0.2, 0.25) is 0 Å². The number of ether oxygens (including phenoxy) is 1. The Kier molecular flexibility index (Phi) is 5.09. The highest BCUT2D eigenvalue weighted by atomic mass is 16.5. The molecule has 6 nitrogen and oxygen atoms in total. The Morgan fingerprint density at radius 1 is 0.875 bits per heavy atom. The summed E-state index contributed by atoms with van der Waals surface area (Å²) in [6.07, 6.45) is 1.49. The van der Waals surface area contributed by atoms with Gasteiger partial charge in [-0.1, -0.05) is 60.7 Å². The minimum absolute atomic E-state index is 0.0585. The van der Waals surface area contributed by atoms with E-state index in [9.17, 15) is 9.90 Å². The lowest BCUT2D eigenvalue weighted by Crippen LogP contribution is -2.23. The fourth-order valence-electron chi connectivity index (χ4n) is 3.58. The first-order valence-corrected chi connectivity index (χ1v) is 10.1. The van der Waals surface area contributed by atoms with Crippen LogP contribution in [0.3, 0.4) is 0 Å². The van der Waals surface area contributed by atoms with Crippen molar-refractivity contribution in [2.24, 2.45) is 5.10 Å². The third kappa shape index (κ3) is 3.70. The molecule has 0 aliphatic heterocycles. The van der Waals surface area contributed by atoms with Crippen LogP contribution in [0.1, 0.15) is 11.4 Å². The summed E-state index contributed by atoms with van der Waals surface area (Å²) in [4.78, 5) is 17.8. The molecule has 0 bridgehead atoms. The normalized spacial score (nSPS) is 11.4. The van der Waals surface area contributed by atoms with Crippen molar-refractivity contribution in [1.82, 2.24) is 9.66 Å². The van der Waals surface area contributed by atoms with Crippen molar-refractivity contribution in [2.45, 2.75) is 6.61 Å². The third-order valence-corrected chi connectivity index (χ3v) is 5.18. The van der Waals surface area contributed by atoms with Crippen LogP contribution in [-0.2, 0) is 6.61 Å². The van der Waals surface area contributed by atoms with Crippen LogP contribution < -0.4 is 10.3 Å². The van der Waals surface area contributed by atoms with Gasteiger partial charge < -0.3 is 9.84 Å². The summed E-state index contributed by atoms with van der Waals surface area (Å²) in [6, 6.07) is 27.6. The second-order valence-corrected chi connectivity index (χ2v) is 7.23. The van der Waals surface area contributed by atoms with Gasteiger partial charge in [0.05, 0.1) is 17.1 Å². The minimum Gasteiger partial charge on any atom is -0.507 e. The first kappa shape index (κ1) is 19.5. The predicted octanol–water partition coefficient (Wildman–Crippen LogP) is 4.72. The molecule has 0 fully saturated rings. The Morgan fingerprint density at radius 3 is 2.44 bits per heavy atom. The van der Waals surface area contributed by atoms with Crippen LogP contribution >= 0.6 is 0 Å². The number of rotatable bonds is 5. The van der Waals surface area contributed by atoms with Gasteiger partial charge in [-0.05, 0) is 41.1 Å². The van der Waals surface area contributed by atoms with Crippen LogP contribution in [0.15, 0.2) is 101 Å². The summed E-state index contributed by atoms with van der Waals surface area (Å²) in [5, 5.41) is 17.1. The largest absolute Gasteiger partial charge is 0.507 e. The summed E-state index contributed by atoms with van der Waals surface area (Å²) < 4.78 is 7.07. The number of hydrogen-bond donors (Lipinski definition) is 1. The Balaban J connectivity index is 1.62. The molecule has 5 aromatic rings. The molecule has 6 heteroatoms. The van der Waals surface area contributed by atoms with Crippen molar-refractivity contribution in [3.05, 3.63) is 113 Å². The van der Waals surface area contributed by atoms with E-state index < -0.39 is 0 Å². The number of fused-ring (bicyclic) bond motifs is 2. The summed E-state index contributed by atoms with van der Waals surface area (Å²) in [5.41, 5.74) is 0.792. The van der Waals surface area contributed by atoms with Gasteiger partial charge in [-0.25, -0.2) is 4.98 Å². The van der Waals surface area contributed by atoms with Crippen molar-refractivity contribution >= 4 is 27.9 Å². The lowest BCUT2D eigenvalue weighted by atomic mass is 10.0. The summed E-state index contributed by atoms with van der Waals surface area (Å²) in [6.45, 7) is 0.0585. The Hall–Kier alpha value is -4.45. The zero-order chi connectivity index (χ0) is 21.9. The minimum atomic E-state index is -0.307. The molecule has 32 heavy (non-hydrogen) atoms. The fraction of sp³-hybridized carbons (Fsp3) is 0.0385. The van der Waals surface area contributed by atoms with Gasteiger partial charge in [-0.2, -0.15) is 9.78 Å². The van der Waals surface area contributed by atoms with E-state index in [-0.39, 0.29) is 17.9 Å². The van der Waals surface area contributed by atoms with Crippen LogP contribution in [0.25, 0.3) is 21.7 Å². The lowest BCUT2D eigenvalue weighted by Gasteiger charge is -2.11. The molecule has 0 saturated carbocycles. The van der Waals surface area contributed by atoms with Crippen LogP contribution in [-0.4, -0.2) is 21.0 Å². The number of hydrogen-bond acceptors (Lipinski definition) is 5. The Morgan fingerprint density at radius 2 is 1.59 bits per heavy atom. The highest BCUT2D eigenvalue weighted by Gasteiger charge is 2.12. The maximum atomic E-state index is 13.2. The van der Waals surface area contributed by atoms with Crippen molar-refractivity contribution in [3.63, 3.8) is 0 Å². The number of phenols is 1. The second-order valence-electron chi connectivity index (χ2n) is 7.23. The maximum absolute atomic E-state index is 13.2. The van der Waals surface area contributed by atoms with E-state index >= 15 is 0 Å². The molecular formula is C26H19N3O3. The van der Waals surface area contributed by atoms with Gasteiger partial charge in [0.15, 0.2) is 5.82 Å². The first-order chi connectivity index (χ1) is 15.7. The summed E-state index contributed by atoms with van der Waals surface area (Å²) >= 11 is 0. The Bertz CT molecular complexity index is 1510. The van der Waals surface area contributed by atoms with E-state index in [0.717, 1.165) is 10.8 Å². The molecule has 1 heterocycles. The molecule has 4 aromatic carbocycles. The summed E-state index contributed by atoms with van der Waals surface area (Å²) in [5.74, 6) is 1.10. The smallest absolute Gasteiger partial charge is 0.282 e. The molecular weight excluding hydrogens is 402 g/mol. The molecule has 0 aliphatic rings. The van der Waals surface area contributed by atoms with E-state index in [1.54, 1.807) is 24.3 Å². The van der Waals surface area contributed by atoms with Gasteiger partial charge in [0, 0.05) is 5.56 Å². The number of nitrogens with zero attached hydrogens (tertiary/aromatic N) is 3. The first-order valence-electron chi connectivity index (χ1n) is 10.1. The molecule has 0 unspecified atom stereocenters. The molecule has 0 saturated heterocycles. The molecule has 1 N–H and O–H groups in total. The zero-order valence-electron chi connectivity index (χ0n) is 17.1. The topological polar surface area (TPSA) is 76.7 Å². The van der Waals surface area contributed by atoms with Gasteiger partial charge >= 0.3 is 0 Å². The van der Waals surface area contributed by atoms with Crippen molar-refractivity contribution in [3.8, 4) is 11.5 Å². The van der Waals surface area contributed by atoms with Gasteiger partial charge in [-0.15, -0.1) is 0 Å². The highest BCUT2D eigenvalue weighted by Crippen LogP contribution is 2.25. The van der Waals surface area contributed by atoms with Gasteiger partial charge in [-0.3, -0.25) is 4.79 Å². The molecule has 0 aliphatic carbocycles. The van der Waals surface area contributed by atoms with Crippen molar-refractivity contribution in [2.75, 3.05) is 0 Å². The van der Waals surface area contributed by atoms with E-state index in [0.29, 0.717) is 28.0 Å². The van der Waals surface area contributed by atoms with E-state index in [1.807, 2.05) is 66.7 Å². The number of benzene rings is 4. The van der Waals surface area contributed by atoms with E-state index in [2.05, 4.69) is 10.1 Å². The molecule has 0 radical (unpaired) electrons. The zero-order valence-corrected chi connectivity index (χ0v) is 17.1. The number of phenolic OH excluding ortho intramolecular Hbond substituents is 1. The van der Waals surface area contributed by atoms with Gasteiger partial charge in [0.1, 0.15) is 18.1 Å². The predicted molar refractivity (Wildman–Crippen MR) is 125 cm³/mol. The van der Waals surface area contributed by atoms with Gasteiger partial charge in [0.25, 0.3) is 5.56 Å². The fourth-order valence-corrected chi connectivity index (χ4v) is 3.58. The average Bonchev–Trinajstić information content (AvgIpc) is 2.84. The monoisotopic (exact) mass is 421 g/mol. The highest BCUT2D eigenvalue weighted by molar-refractivity contribution is 6.02. The molecule has 1 aromatic heterocycles. The number of para-hydroxylation sites is 2. The quantitative estimate of drug-likeness (QED) is 0.417. The van der Waals surface area contributed by atoms with Crippen molar-refractivity contribution in [1.29, 1.82) is 0 Å². The third-order valence-electron chi connectivity index (χ3n) is 5.18. The molecule has 5 rings (SSSR count). The average molecular weight is 421 g/mol. The lowest BCUT2D eigenvalue weighted by molar-refractivity contribution is 0.289. The summed E-state index contributed by atoms with van der Waals surface area (Å²) in [7, 11) is 0. The van der Waals surface area contributed by atoms with Crippen LogP contribution in [0.5, 0.6) is 11.5 Å². The van der Waals surface area contributed by atoms with Gasteiger partial charge in [0.2, 0.25) is 0 Å². The van der Waals surface area contributed by atoms with Crippen molar-refractivity contribution < 1.29 is 9.84 Å². The molecule has 0 spiro atoms. The number of aromatic hydroxyl groups is 1. The van der Waals surface area contributed by atoms with Crippen LogP contribution in [0, 0.1) is 0 Å². The van der Waals surface area contributed by atoms with E-state index in [4.69, 9.17) is 4.74 Å². The number of aromatic nitrogens is 2. The second kappa shape index (κ2) is 8.35. The van der Waals surface area contributed by atoms with E-state index in [1.165, 1.54) is 10.9 Å². The molecule has 156 valence electrons. The van der Waals surface area contributed by atoms with Crippen LogP contribution in [0.4, 0.5) is 0 Å². The Labute approximate surface area is 183 Å². The standard InChI is InChI=1S/C26H19N3O3/c30-24-15-14-18-8-4-5-11-20(18)22(24)16-27-29-25(17-32-19-9-2-1-3-10-19)28-23-13-7-6-12-21(23)26(29)31/h1-16,30H,17H2/b27-16+. The maximum Gasteiger partial charge on any atom is 0.282 e. The SMILES string of the molecule is O=c1c2ccccc2nc(COc2ccccc2)n1/N=C/c1c(O)ccc2ccccc12. The molecule has 0 amide bonds.